The van der Waals surface area contributed by atoms with Gasteiger partial charge in [-0.25, -0.2) is 4.52 Å². The fraction of sp³-hybridized carbons (Fsp3) is 0.400. The Labute approximate surface area is 213 Å². The maximum absolute atomic E-state index is 12.8. The number of nitrogens with two attached hydrogens (primary N) is 1. The van der Waals surface area contributed by atoms with Crippen LogP contribution in [0.15, 0.2) is 30.7 Å². The van der Waals surface area contributed by atoms with Crippen LogP contribution in [0.1, 0.15) is 49.2 Å². The molecule has 4 aromatic rings. The van der Waals surface area contributed by atoms with Crippen LogP contribution in [-0.4, -0.2) is 59.7 Å². The van der Waals surface area contributed by atoms with Crippen LogP contribution in [0.4, 0.5) is 5.69 Å². The highest BCUT2D eigenvalue weighted by Crippen LogP contribution is 2.41. The van der Waals surface area contributed by atoms with Gasteiger partial charge < -0.3 is 11.1 Å². The van der Waals surface area contributed by atoms with E-state index < -0.39 is 5.91 Å². The number of nitrogens with zero attached hydrogens (tertiary/aromatic N) is 6. The van der Waals surface area contributed by atoms with Crippen molar-refractivity contribution < 1.29 is 9.59 Å². The van der Waals surface area contributed by atoms with Gasteiger partial charge in [-0.15, -0.1) is 11.3 Å². The number of carbonyl (C=O) groups is 2. The van der Waals surface area contributed by atoms with Gasteiger partial charge in [-0.1, -0.05) is 0 Å². The topological polar surface area (TPSA) is 123 Å². The zero-order valence-electron chi connectivity index (χ0n) is 20.9. The van der Waals surface area contributed by atoms with Crippen molar-refractivity contribution in [3.05, 3.63) is 42.0 Å². The van der Waals surface area contributed by atoms with Crippen LogP contribution in [0.5, 0.6) is 0 Å². The Bertz CT molecular complexity index is 1460. The van der Waals surface area contributed by atoms with E-state index in [0.717, 1.165) is 47.0 Å². The summed E-state index contributed by atoms with van der Waals surface area (Å²) < 4.78 is 3.49. The molecular weight excluding hydrogens is 476 g/mol. The van der Waals surface area contributed by atoms with E-state index in [1.54, 1.807) is 21.6 Å². The molecule has 5 rings (SSSR count). The number of amides is 2. The number of primary amides is 1. The van der Waals surface area contributed by atoms with E-state index in [1.807, 2.05) is 26.1 Å². The maximum Gasteiger partial charge on any atom is 0.253 e. The Morgan fingerprint density at radius 2 is 2.06 bits per heavy atom. The minimum absolute atomic E-state index is 0.0493. The van der Waals surface area contributed by atoms with Crippen molar-refractivity contribution in [1.29, 1.82) is 0 Å². The van der Waals surface area contributed by atoms with Gasteiger partial charge >= 0.3 is 0 Å². The molecule has 0 unspecified atom stereocenters. The summed E-state index contributed by atoms with van der Waals surface area (Å²) in [6, 6.07) is 3.82. The van der Waals surface area contributed by atoms with Gasteiger partial charge in [0.2, 0.25) is 5.91 Å². The Balaban J connectivity index is 1.49. The van der Waals surface area contributed by atoms with Crippen molar-refractivity contribution in [1.82, 2.24) is 29.3 Å². The first kappa shape index (κ1) is 24.1. The van der Waals surface area contributed by atoms with Crippen LogP contribution in [0.2, 0.25) is 0 Å². The second-order valence-corrected chi connectivity index (χ2v) is 10.8. The zero-order chi connectivity index (χ0) is 25.6. The van der Waals surface area contributed by atoms with Gasteiger partial charge in [0.15, 0.2) is 0 Å². The van der Waals surface area contributed by atoms with Gasteiger partial charge in [0.1, 0.15) is 4.83 Å². The molecule has 0 spiro atoms. The molecule has 4 aromatic heterocycles. The third-order valence-corrected chi connectivity index (χ3v) is 8.17. The van der Waals surface area contributed by atoms with Crippen LogP contribution in [0, 0.1) is 6.92 Å². The summed E-state index contributed by atoms with van der Waals surface area (Å²) >= 11 is 1.42. The van der Waals surface area contributed by atoms with Crippen molar-refractivity contribution in [3.63, 3.8) is 0 Å². The molecule has 0 bridgehead atoms. The highest BCUT2D eigenvalue weighted by Gasteiger charge is 2.31. The third kappa shape index (κ3) is 4.28. The number of hydrogen-bond donors (Lipinski definition) is 2. The molecule has 1 saturated heterocycles. The summed E-state index contributed by atoms with van der Waals surface area (Å²) in [4.78, 5) is 33.3. The molecular formula is C25H30N8O2S. The summed E-state index contributed by atoms with van der Waals surface area (Å²) in [5.41, 5.74) is 9.92. The van der Waals surface area contributed by atoms with Crippen LogP contribution < -0.4 is 11.1 Å². The molecule has 5 heterocycles. The number of aryl methyl sites for hydroxylation is 2. The molecule has 0 aliphatic carbocycles. The van der Waals surface area contributed by atoms with E-state index in [1.165, 1.54) is 24.0 Å². The first-order valence-electron chi connectivity index (χ1n) is 12.0. The molecule has 3 N–H and O–H groups in total. The minimum atomic E-state index is -0.536. The fourth-order valence-corrected chi connectivity index (χ4v) is 6.17. The molecule has 188 valence electrons. The van der Waals surface area contributed by atoms with Crippen molar-refractivity contribution in [3.8, 4) is 21.8 Å². The van der Waals surface area contributed by atoms with Crippen LogP contribution in [-0.2, 0) is 11.8 Å². The lowest BCUT2D eigenvalue weighted by Crippen LogP contribution is -2.39. The van der Waals surface area contributed by atoms with Gasteiger partial charge in [0.05, 0.1) is 39.9 Å². The van der Waals surface area contributed by atoms with E-state index in [-0.39, 0.29) is 11.4 Å². The summed E-state index contributed by atoms with van der Waals surface area (Å²) in [7, 11) is 1.86. The number of fused-ring (bicyclic) bond motifs is 1. The number of aromatic nitrogens is 5. The summed E-state index contributed by atoms with van der Waals surface area (Å²) in [5, 5.41) is 11.8. The maximum atomic E-state index is 12.8. The smallest absolute Gasteiger partial charge is 0.253 e. The van der Waals surface area contributed by atoms with E-state index in [0.29, 0.717) is 22.5 Å². The number of likely N-dealkylation sites (tertiary alicyclic amines) is 1. The molecule has 1 aliphatic heterocycles. The molecule has 36 heavy (non-hydrogen) atoms. The largest absolute Gasteiger partial charge is 0.365 e. The first-order valence-corrected chi connectivity index (χ1v) is 12.8. The second-order valence-electron chi connectivity index (χ2n) is 9.82. The number of rotatable bonds is 7. The molecule has 2 amide bonds. The normalized spacial score (nSPS) is 15.6. The zero-order valence-corrected chi connectivity index (χ0v) is 21.7. The standard InChI is InChI=1S/C25H30N8O2S/c1-15-17(12-16(13-27-15)30-20(34)7-11-32-10-5-8-25(32,2)3)21-22(19-6-9-28-31(19)4)36-24-18(23(26)35)14-29-33(21)24/h6,9,12-14H,5,7-8,10-11H2,1-4H3,(H2,26,35)(H,30,34). The lowest BCUT2D eigenvalue weighted by Gasteiger charge is -2.31. The lowest BCUT2D eigenvalue weighted by molar-refractivity contribution is -0.116. The number of thiazole rings is 1. The molecule has 0 saturated carbocycles. The quantitative estimate of drug-likeness (QED) is 0.396. The second kappa shape index (κ2) is 9.14. The van der Waals surface area contributed by atoms with Crippen LogP contribution in [0.3, 0.4) is 0 Å². The molecule has 0 aromatic carbocycles. The number of carbonyl (C=O) groups excluding carboxylic acids is 2. The third-order valence-electron chi connectivity index (χ3n) is 6.98. The Hall–Kier alpha value is -3.57. The average Bonchev–Trinajstić information content (AvgIpc) is 3.57. The summed E-state index contributed by atoms with van der Waals surface area (Å²) in [5.74, 6) is -0.585. The molecule has 1 aliphatic rings. The summed E-state index contributed by atoms with van der Waals surface area (Å²) in [6.45, 7) is 8.12. The molecule has 11 heteroatoms. The van der Waals surface area contributed by atoms with Crippen molar-refractivity contribution >= 4 is 33.7 Å². The number of hydrogen-bond acceptors (Lipinski definition) is 7. The van der Waals surface area contributed by atoms with E-state index in [4.69, 9.17) is 5.73 Å². The predicted octanol–water partition coefficient (Wildman–Crippen LogP) is 3.47. The van der Waals surface area contributed by atoms with Crippen molar-refractivity contribution in [2.45, 2.75) is 45.6 Å². The SMILES string of the molecule is Cc1ncc(NC(=O)CCN2CCCC2(C)C)cc1-c1c(-c2ccnn2C)sc2c(C(N)=O)cnn12. The van der Waals surface area contributed by atoms with Gasteiger partial charge in [-0.2, -0.15) is 10.2 Å². The lowest BCUT2D eigenvalue weighted by atomic mass is 10.0. The van der Waals surface area contributed by atoms with Gasteiger partial charge in [0, 0.05) is 43.0 Å². The van der Waals surface area contributed by atoms with E-state index in [9.17, 15) is 9.59 Å². The monoisotopic (exact) mass is 506 g/mol. The number of pyridine rings is 1. The number of nitrogens with one attached hydrogen (secondary N) is 1. The van der Waals surface area contributed by atoms with Crippen LogP contribution in [0.25, 0.3) is 26.7 Å². The Morgan fingerprint density at radius 3 is 2.72 bits per heavy atom. The fourth-order valence-electron chi connectivity index (χ4n) is 4.89. The molecule has 1 fully saturated rings. The Morgan fingerprint density at radius 1 is 1.25 bits per heavy atom. The minimum Gasteiger partial charge on any atom is -0.365 e. The van der Waals surface area contributed by atoms with Gasteiger partial charge in [-0.05, 0) is 52.3 Å². The van der Waals surface area contributed by atoms with Gasteiger partial charge in [0.25, 0.3) is 5.91 Å². The number of anilines is 1. The van der Waals surface area contributed by atoms with Crippen LogP contribution >= 0.6 is 11.3 Å². The highest BCUT2D eigenvalue weighted by molar-refractivity contribution is 7.21. The van der Waals surface area contributed by atoms with Crippen molar-refractivity contribution in [2.75, 3.05) is 18.4 Å². The Kier molecular flexibility index (Phi) is 6.13. The van der Waals surface area contributed by atoms with Crippen molar-refractivity contribution in [2.24, 2.45) is 12.8 Å². The first-order chi connectivity index (χ1) is 17.2. The van der Waals surface area contributed by atoms with E-state index >= 15 is 0 Å². The molecule has 0 radical (unpaired) electrons. The highest BCUT2D eigenvalue weighted by atomic mass is 32.1. The predicted molar refractivity (Wildman–Crippen MR) is 140 cm³/mol. The van der Waals surface area contributed by atoms with E-state index in [2.05, 4.69) is 39.2 Å². The average molecular weight is 507 g/mol. The molecule has 10 nitrogen and oxygen atoms in total. The van der Waals surface area contributed by atoms with Gasteiger partial charge in [-0.3, -0.25) is 24.2 Å². The molecule has 0 atom stereocenters. The summed E-state index contributed by atoms with van der Waals surface area (Å²) in [6.07, 6.45) is 7.61.